The molecule has 0 unspecified atom stereocenters. The molecule has 1 fully saturated rings. The van der Waals surface area contributed by atoms with Gasteiger partial charge in [0.15, 0.2) is 0 Å². The number of halogens is 2. The fourth-order valence-corrected chi connectivity index (χ4v) is 5.08. The highest BCUT2D eigenvalue weighted by atomic mass is 79.9. The lowest BCUT2D eigenvalue weighted by Gasteiger charge is -2.43. The molecule has 0 radical (unpaired) electrons. The molecule has 7 nitrogen and oxygen atoms in total. The van der Waals surface area contributed by atoms with E-state index in [1.807, 2.05) is 12.1 Å². The fourth-order valence-electron chi connectivity index (χ4n) is 4.61. The minimum Gasteiger partial charge on any atom is -0.362 e. The number of imide groups is 1. The molecule has 0 bridgehead atoms. The minimum atomic E-state index is -0.654. The first kappa shape index (κ1) is 26.0. The van der Waals surface area contributed by atoms with Gasteiger partial charge in [0.2, 0.25) is 5.91 Å². The van der Waals surface area contributed by atoms with E-state index in [2.05, 4.69) is 65.2 Å². The van der Waals surface area contributed by atoms with Crippen molar-refractivity contribution >= 4 is 68.4 Å². The van der Waals surface area contributed by atoms with Crippen molar-refractivity contribution in [3.8, 4) is 0 Å². The summed E-state index contributed by atoms with van der Waals surface area (Å²) in [6.07, 6.45) is 4.78. The number of benzene rings is 2. The number of carbonyl (C=O) groups is 3. The minimum absolute atomic E-state index is 0.0708. The zero-order chi connectivity index (χ0) is 26.2. The van der Waals surface area contributed by atoms with Crippen molar-refractivity contribution in [3.05, 3.63) is 68.8 Å². The standard InChI is InChI=1S/C27H28BrClN4O3/c1-5-10-33-23-13-21(29)17(11-20(23)16(2)14-27(33,3)4)12-22-25(35)32(26(36)31-22)15-24(34)30-19-8-6-18(28)7-9-19/h6-9,11-14H,5,10,15H2,1-4H3,(H,30,34)(H,31,36)/b22-12+. The Morgan fingerprint density at radius 1 is 1.19 bits per heavy atom. The van der Waals surface area contributed by atoms with Gasteiger partial charge in [0.1, 0.15) is 12.2 Å². The normalized spacial score (nSPS) is 17.7. The quantitative estimate of drug-likeness (QED) is 0.327. The Bertz CT molecular complexity index is 1300. The number of rotatable bonds is 6. The van der Waals surface area contributed by atoms with Crippen molar-refractivity contribution < 1.29 is 14.4 Å². The smallest absolute Gasteiger partial charge is 0.329 e. The van der Waals surface area contributed by atoms with Crippen LogP contribution in [0.5, 0.6) is 0 Å². The maximum Gasteiger partial charge on any atom is 0.329 e. The zero-order valence-electron chi connectivity index (χ0n) is 20.6. The molecule has 4 rings (SSSR count). The molecule has 2 N–H and O–H groups in total. The molecule has 2 heterocycles. The van der Waals surface area contributed by atoms with Crippen LogP contribution in [0.3, 0.4) is 0 Å². The lowest BCUT2D eigenvalue weighted by Crippen LogP contribution is -2.45. The third-order valence-corrected chi connectivity index (χ3v) is 7.09. The van der Waals surface area contributed by atoms with Crippen molar-refractivity contribution in [2.45, 2.75) is 39.7 Å². The number of carbonyl (C=O) groups excluding carboxylic acids is 3. The highest BCUT2D eigenvalue weighted by molar-refractivity contribution is 9.10. The average molecular weight is 572 g/mol. The molecular formula is C27H28BrClN4O3. The molecule has 0 aliphatic carbocycles. The second-order valence-electron chi connectivity index (χ2n) is 9.46. The second-order valence-corrected chi connectivity index (χ2v) is 10.8. The summed E-state index contributed by atoms with van der Waals surface area (Å²) in [4.78, 5) is 41.1. The summed E-state index contributed by atoms with van der Waals surface area (Å²) in [7, 11) is 0. The molecular weight excluding hydrogens is 544 g/mol. The summed E-state index contributed by atoms with van der Waals surface area (Å²) in [5.74, 6) is -1.06. The molecule has 2 aromatic carbocycles. The van der Waals surface area contributed by atoms with Gasteiger partial charge in [-0.05, 0) is 80.8 Å². The van der Waals surface area contributed by atoms with Crippen molar-refractivity contribution in [3.63, 3.8) is 0 Å². The van der Waals surface area contributed by atoms with Gasteiger partial charge in [0.25, 0.3) is 5.91 Å². The van der Waals surface area contributed by atoms with Crippen molar-refractivity contribution in [2.75, 3.05) is 23.3 Å². The van der Waals surface area contributed by atoms with Crippen LogP contribution in [0.1, 0.15) is 45.2 Å². The Balaban J connectivity index is 1.57. The van der Waals surface area contributed by atoms with Crippen LogP contribution in [0, 0.1) is 0 Å². The largest absolute Gasteiger partial charge is 0.362 e. The van der Waals surface area contributed by atoms with Gasteiger partial charge in [-0.2, -0.15) is 0 Å². The van der Waals surface area contributed by atoms with Crippen LogP contribution in [0.4, 0.5) is 16.2 Å². The molecule has 0 saturated carbocycles. The first-order valence-corrected chi connectivity index (χ1v) is 12.9. The van der Waals surface area contributed by atoms with Crippen LogP contribution in [-0.4, -0.2) is 41.4 Å². The summed E-state index contributed by atoms with van der Waals surface area (Å²) in [6, 6.07) is 10.2. The predicted octanol–water partition coefficient (Wildman–Crippen LogP) is 6.05. The van der Waals surface area contributed by atoms with Crippen molar-refractivity contribution in [1.29, 1.82) is 0 Å². The van der Waals surface area contributed by atoms with Crippen LogP contribution in [0.2, 0.25) is 5.02 Å². The van der Waals surface area contributed by atoms with Gasteiger partial charge >= 0.3 is 6.03 Å². The van der Waals surface area contributed by atoms with E-state index < -0.39 is 24.4 Å². The number of nitrogens with zero attached hydrogens (tertiary/aromatic N) is 2. The highest BCUT2D eigenvalue weighted by Gasteiger charge is 2.36. The first-order valence-electron chi connectivity index (χ1n) is 11.7. The Kier molecular flexibility index (Phi) is 7.29. The van der Waals surface area contributed by atoms with E-state index in [9.17, 15) is 14.4 Å². The van der Waals surface area contributed by atoms with Gasteiger partial charge in [-0.15, -0.1) is 0 Å². The van der Waals surface area contributed by atoms with E-state index >= 15 is 0 Å². The monoisotopic (exact) mass is 570 g/mol. The summed E-state index contributed by atoms with van der Waals surface area (Å²) >= 11 is 9.99. The number of amides is 4. The van der Waals surface area contributed by atoms with Gasteiger partial charge in [-0.25, -0.2) is 9.69 Å². The molecule has 2 aromatic rings. The van der Waals surface area contributed by atoms with E-state index in [4.69, 9.17) is 11.6 Å². The second kappa shape index (κ2) is 10.1. The molecule has 4 amide bonds. The maximum atomic E-state index is 13.0. The Hall–Kier alpha value is -3.10. The summed E-state index contributed by atoms with van der Waals surface area (Å²) in [6.45, 7) is 9.02. The van der Waals surface area contributed by atoms with Gasteiger partial charge in [0, 0.05) is 33.0 Å². The van der Waals surface area contributed by atoms with E-state index in [0.717, 1.165) is 39.2 Å². The number of allylic oxidation sites excluding steroid dienone is 1. The van der Waals surface area contributed by atoms with E-state index in [1.54, 1.807) is 30.3 Å². The van der Waals surface area contributed by atoms with Crippen molar-refractivity contribution in [2.24, 2.45) is 0 Å². The lowest BCUT2D eigenvalue weighted by molar-refractivity contribution is -0.127. The van der Waals surface area contributed by atoms with E-state index in [0.29, 0.717) is 16.3 Å². The molecule has 1 saturated heterocycles. The molecule has 2 aliphatic rings. The molecule has 0 aromatic heterocycles. The zero-order valence-corrected chi connectivity index (χ0v) is 23.0. The van der Waals surface area contributed by atoms with Gasteiger partial charge in [0.05, 0.1) is 5.54 Å². The van der Waals surface area contributed by atoms with Crippen LogP contribution in [-0.2, 0) is 9.59 Å². The Morgan fingerprint density at radius 3 is 2.56 bits per heavy atom. The number of hydrogen-bond acceptors (Lipinski definition) is 4. The Labute approximate surface area is 224 Å². The fraction of sp³-hybridized carbons (Fsp3) is 0.296. The molecule has 188 valence electrons. The molecule has 0 atom stereocenters. The summed E-state index contributed by atoms with van der Waals surface area (Å²) < 4.78 is 0.873. The molecule has 9 heteroatoms. The number of urea groups is 1. The third-order valence-electron chi connectivity index (χ3n) is 6.24. The molecule has 36 heavy (non-hydrogen) atoms. The molecule has 2 aliphatic heterocycles. The van der Waals surface area contributed by atoms with Gasteiger partial charge in [-0.1, -0.05) is 40.5 Å². The summed E-state index contributed by atoms with van der Waals surface area (Å²) in [5, 5.41) is 5.73. The van der Waals surface area contributed by atoms with Crippen LogP contribution >= 0.6 is 27.5 Å². The van der Waals surface area contributed by atoms with Gasteiger partial charge < -0.3 is 15.5 Å². The van der Waals surface area contributed by atoms with E-state index in [1.165, 1.54) is 0 Å². The maximum absolute atomic E-state index is 13.0. The lowest BCUT2D eigenvalue weighted by atomic mass is 9.87. The topological polar surface area (TPSA) is 81.8 Å². The van der Waals surface area contributed by atoms with Crippen LogP contribution < -0.4 is 15.5 Å². The predicted molar refractivity (Wildman–Crippen MR) is 148 cm³/mol. The van der Waals surface area contributed by atoms with Gasteiger partial charge in [-0.3, -0.25) is 9.59 Å². The van der Waals surface area contributed by atoms with Crippen LogP contribution in [0.25, 0.3) is 11.6 Å². The first-order chi connectivity index (χ1) is 17.0. The number of fused-ring (bicyclic) bond motifs is 1. The molecule has 0 spiro atoms. The van der Waals surface area contributed by atoms with E-state index in [-0.39, 0.29) is 11.2 Å². The number of anilines is 2. The highest BCUT2D eigenvalue weighted by Crippen LogP contribution is 2.42. The SMILES string of the molecule is CCCN1c2cc(Cl)c(/C=C3/NC(=O)N(CC(=O)Nc4ccc(Br)cc4)C3=O)cc2C(C)=CC1(C)C. The average Bonchev–Trinajstić information content (AvgIpc) is 3.06. The van der Waals surface area contributed by atoms with Crippen molar-refractivity contribution in [1.82, 2.24) is 10.2 Å². The third kappa shape index (κ3) is 5.20. The number of nitrogens with one attached hydrogen (secondary N) is 2. The van der Waals surface area contributed by atoms with Crippen LogP contribution in [0.15, 0.2) is 52.6 Å². The Morgan fingerprint density at radius 2 is 1.89 bits per heavy atom. The summed E-state index contributed by atoms with van der Waals surface area (Å²) in [5.41, 5.74) is 4.29. The number of hydrogen-bond donors (Lipinski definition) is 2.